The van der Waals surface area contributed by atoms with Crippen molar-refractivity contribution in [1.82, 2.24) is 15.0 Å². The van der Waals surface area contributed by atoms with E-state index in [1.807, 2.05) is 13.0 Å². The molecule has 0 aliphatic heterocycles. The van der Waals surface area contributed by atoms with Gasteiger partial charge in [-0.2, -0.15) is 0 Å². The van der Waals surface area contributed by atoms with Gasteiger partial charge in [0, 0.05) is 36.1 Å². The molecular weight excluding hydrogens is 284 g/mol. The van der Waals surface area contributed by atoms with Crippen LogP contribution in [0.15, 0.2) is 36.5 Å². The second-order valence-corrected chi connectivity index (χ2v) is 5.27. The summed E-state index contributed by atoms with van der Waals surface area (Å²) >= 11 is 5.99. The molecule has 0 spiro atoms. The Balaban J connectivity index is 1.67. The molecule has 0 aliphatic rings. The molecule has 0 radical (unpaired) electrons. The molecule has 108 valence electrons. The van der Waals surface area contributed by atoms with E-state index >= 15 is 0 Å². The fraction of sp³-hybridized carbons (Fsp3) is 0.250. The molecule has 3 aromatic rings. The number of rotatable bonds is 5. The molecule has 0 saturated heterocycles. The number of halogens is 1. The van der Waals surface area contributed by atoms with Crippen molar-refractivity contribution in [2.24, 2.45) is 0 Å². The molecular formula is C16H17ClN4. The maximum atomic E-state index is 5.99. The molecule has 0 amide bonds. The fourth-order valence-electron chi connectivity index (χ4n) is 2.38. The molecule has 2 N–H and O–H groups in total. The van der Waals surface area contributed by atoms with Crippen molar-refractivity contribution in [3.63, 3.8) is 0 Å². The number of nitrogens with one attached hydrogen (secondary N) is 2. The first-order valence-electron chi connectivity index (χ1n) is 7.08. The Kier molecular flexibility index (Phi) is 4.06. The van der Waals surface area contributed by atoms with E-state index in [4.69, 9.17) is 11.6 Å². The highest BCUT2D eigenvalue weighted by molar-refractivity contribution is 6.29. The van der Waals surface area contributed by atoms with Gasteiger partial charge in [0.2, 0.25) is 0 Å². The first-order valence-corrected chi connectivity index (χ1v) is 7.46. The van der Waals surface area contributed by atoms with Crippen LogP contribution in [0.25, 0.3) is 10.9 Å². The SMILES string of the molecule is CCc1nc(Cl)cc(NCCc2c[nH]c3ccccc23)n1. The van der Waals surface area contributed by atoms with E-state index in [0.717, 1.165) is 31.0 Å². The Hall–Kier alpha value is -2.07. The van der Waals surface area contributed by atoms with E-state index in [1.165, 1.54) is 16.5 Å². The largest absolute Gasteiger partial charge is 0.370 e. The third-order valence-corrected chi connectivity index (χ3v) is 3.63. The van der Waals surface area contributed by atoms with Crippen molar-refractivity contribution in [3.05, 3.63) is 53.1 Å². The van der Waals surface area contributed by atoms with E-state index in [1.54, 1.807) is 6.07 Å². The maximum absolute atomic E-state index is 5.99. The van der Waals surface area contributed by atoms with Crippen LogP contribution in [0.2, 0.25) is 5.15 Å². The van der Waals surface area contributed by atoms with Crippen molar-refractivity contribution in [1.29, 1.82) is 0 Å². The number of H-pyrrole nitrogens is 1. The van der Waals surface area contributed by atoms with Gasteiger partial charge in [0.05, 0.1) is 0 Å². The van der Waals surface area contributed by atoms with Crippen molar-refractivity contribution in [3.8, 4) is 0 Å². The first-order chi connectivity index (χ1) is 10.3. The minimum Gasteiger partial charge on any atom is -0.370 e. The van der Waals surface area contributed by atoms with Crippen LogP contribution in [-0.4, -0.2) is 21.5 Å². The predicted molar refractivity (Wildman–Crippen MR) is 86.9 cm³/mol. The number of para-hydroxylation sites is 1. The summed E-state index contributed by atoms with van der Waals surface area (Å²) in [4.78, 5) is 11.9. The summed E-state index contributed by atoms with van der Waals surface area (Å²) in [6, 6.07) is 10.1. The Morgan fingerprint density at radius 2 is 2.10 bits per heavy atom. The average molecular weight is 301 g/mol. The van der Waals surface area contributed by atoms with Crippen molar-refractivity contribution in [2.45, 2.75) is 19.8 Å². The molecule has 0 atom stereocenters. The molecule has 0 aliphatic carbocycles. The minimum absolute atomic E-state index is 0.483. The van der Waals surface area contributed by atoms with E-state index in [-0.39, 0.29) is 0 Å². The number of fused-ring (bicyclic) bond motifs is 1. The summed E-state index contributed by atoms with van der Waals surface area (Å²) in [6.07, 6.45) is 3.77. The Bertz CT molecular complexity index is 751. The molecule has 3 rings (SSSR count). The van der Waals surface area contributed by atoms with Crippen LogP contribution in [-0.2, 0) is 12.8 Å². The Labute approximate surface area is 128 Å². The van der Waals surface area contributed by atoms with Crippen molar-refractivity contribution >= 4 is 28.3 Å². The molecule has 1 aromatic carbocycles. The quantitative estimate of drug-likeness (QED) is 0.704. The first kappa shape index (κ1) is 13.9. The standard InChI is InChI=1S/C16H17ClN4/c1-2-15-20-14(17)9-16(21-15)18-8-7-11-10-19-13-6-4-3-5-12(11)13/h3-6,9-10,19H,2,7-8H2,1H3,(H,18,20,21). The number of aromatic amines is 1. The summed E-state index contributed by atoms with van der Waals surface area (Å²) in [5, 5.41) is 5.07. The molecule has 2 heterocycles. The molecule has 0 unspecified atom stereocenters. The fourth-order valence-corrected chi connectivity index (χ4v) is 2.58. The van der Waals surface area contributed by atoms with Gasteiger partial charge in [-0.15, -0.1) is 0 Å². The number of anilines is 1. The van der Waals surface area contributed by atoms with E-state index < -0.39 is 0 Å². The third kappa shape index (κ3) is 3.16. The summed E-state index contributed by atoms with van der Waals surface area (Å²) in [6.45, 7) is 2.82. The lowest BCUT2D eigenvalue weighted by molar-refractivity contribution is 0.926. The molecule has 0 saturated carbocycles. The zero-order valence-corrected chi connectivity index (χ0v) is 12.6. The zero-order valence-electron chi connectivity index (χ0n) is 11.9. The summed E-state index contributed by atoms with van der Waals surface area (Å²) in [5.74, 6) is 1.55. The average Bonchev–Trinajstić information content (AvgIpc) is 2.90. The molecule has 4 nitrogen and oxygen atoms in total. The minimum atomic E-state index is 0.483. The van der Waals surface area contributed by atoms with Crippen LogP contribution in [0.4, 0.5) is 5.82 Å². The number of benzene rings is 1. The predicted octanol–water partition coefficient (Wildman–Crippen LogP) is 3.83. The monoisotopic (exact) mass is 300 g/mol. The van der Waals surface area contributed by atoms with E-state index in [0.29, 0.717) is 5.15 Å². The summed E-state index contributed by atoms with van der Waals surface area (Å²) in [7, 11) is 0. The molecule has 2 aromatic heterocycles. The molecule has 0 bridgehead atoms. The second-order valence-electron chi connectivity index (χ2n) is 4.88. The van der Waals surface area contributed by atoms with Crippen molar-refractivity contribution in [2.75, 3.05) is 11.9 Å². The van der Waals surface area contributed by atoms with Crippen LogP contribution in [0.5, 0.6) is 0 Å². The lowest BCUT2D eigenvalue weighted by atomic mass is 10.1. The van der Waals surface area contributed by atoms with E-state index in [2.05, 4.69) is 44.7 Å². The smallest absolute Gasteiger partial charge is 0.134 e. The van der Waals surface area contributed by atoms with Gasteiger partial charge >= 0.3 is 0 Å². The van der Waals surface area contributed by atoms with Crippen LogP contribution in [0.3, 0.4) is 0 Å². The third-order valence-electron chi connectivity index (χ3n) is 3.43. The lowest BCUT2D eigenvalue weighted by Crippen LogP contribution is -2.08. The molecule has 5 heteroatoms. The van der Waals surface area contributed by atoms with Gasteiger partial charge in [-0.05, 0) is 18.1 Å². The highest BCUT2D eigenvalue weighted by Gasteiger charge is 2.04. The Morgan fingerprint density at radius 3 is 2.95 bits per heavy atom. The molecule has 0 fully saturated rings. The zero-order chi connectivity index (χ0) is 14.7. The lowest BCUT2D eigenvalue weighted by Gasteiger charge is -2.07. The topological polar surface area (TPSA) is 53.6 Å². The van der Waals surface area contributed by atoms with Gasteiger partial charge < -0.3 is 10.3 Å². The highest BCUT2D eigenvalue weighted by Crippen LogP contribution is 2.18. The van der Waals surface area contributed by atoms with Crippen LogP contribution < -0.4 is 5.32 Å². The summed E-state index contributed by atoms with van der Waals surface area (Å²) < 4.78 is 0. The van der Waals surface area contributed by atoms with Crippen molar-refractivity contribution < 1.29 is 0 Å². The van der Waals surface area contributed by atoms with Crippen LogP contribution >= 0.6 is 11.6 Å². The van der Waals surface area contributed by atoms with Gasteiger partial charge in [0.25, 0.3) is 0 Å². The van der Waals surface area contributed by atoms with Crippen LogP contribution in [0, 0.1) is 0 Å². The number of aromatic nitrogens is 3. The number of nitrogens with zero attached hydrogens (tertiary/aromatic N) is 2. The number of aryl methyl sites for hydroxylation is 1. The summed E-state index contributed by atoms with van der Waals surface area (Å²) in [5.41, 5.74) is 2.47. The van der Waals surface area contributed by atoms with E-state index in [9.17, 15) is 0 Å². The number of hydrogen-bond donors (Lipinski definition) is 2. The van der Waals surface area contributed by atoms with Gasteiger partial charge in [-0.25, -0.2) is 9.97 Å². The van der Waals surface area contributed by atoms with Gasteiger partial charge in [0.15, 0.2) is 0 Å². The second kappa shape index (κ2) is 6.14. The van der Waals surface area contributed by atoms with Gasteiger partial charge in [-0.1, -0.05) is 36.7 Å². The number of hydrogen-bond acceptors (Lipinski definition) is 3. The normalized spacial score (nSPS) is 11.0. The maximum Gasteiger partial charge on any atom is 0.134 e. The Morgan fingerprint density at radius 1 is 1.24 bits per heavy atom. The van der Waals surface area contributed by atoms with Gasteiger partial charge in [0.1, 0.15) is 16.8 Å². The van der Waals surface area contributed by atoms with Gasteiger partial charge in [-0.3, -0.25) is 0 Å². The van der Waals surface area contributed by atoms with Crippen LogP contribution in [0.1, 0.15) is 18.3 Å². The molecule has 21 heavy (non-hydrogen) atoms. The highest BCUT2D eigenvalue weighted by atomic mass is 35.5.